The maximum absolute atomic E-state index is 13.1. The van der Waals surface area contributed by atoms with Crippen molar-refractivity contribution in [1.29, 1.82) is 0 Å². The molecule has 8 nitrogen and oxygen atoms in total. The van der Waals surface area contributed by atoms with Crippen LogP contribution < -0.4 is 16.2 Å². The van der Waals surface area contributed by atoms with Crippen LogP contribution in [0, 0.1) is 20.8 Å². The summed E-state index contributed by atoms with van der Waals surface area (Å²) in [7, 11) is 0. The number of carbonyl (C=O) groups is 2. The number of pyridine rings is 1. The zero-order valence-electron chi connectivity index (χ0n) is 21.9. The van der Waals surface area contributed by atoms with E-state index in [1.807, 2.05) is 53.7 Å². The van der Waals surface area contributed by atoms with E-state index in [0.29, 0.717) is 11.1 Å². The van der Waals surface area contributed by atoms with Gasteiger partial charge in [0.05, 0.1) is 0 Å². The average Bonchev–Trinajstić information content (AvgIpc) is 2.75. The third kappa shape index (κ3) is 6.49. The lowest BCUT2D eigenvalue weighted by Crippen LogP contribution is -2.52. The Morgan fingerprint density at radius 2 is 1.75 bits per heavy atom. The molecule has 196 valence electrons. The fourth-order valence-electron chi connectivity index (χ4n) is 5.12. The quantitative estimate of drug-likeness (QED) is 0.372. The first-order valence-electron chi connectivity index (χ1n) is 12.3. The molecule has 1 aliphatic rings. The van der Waals surface area contributed by atoms with Crippen LogP contribution in [0.3, 0.4) is 0 Å². The van der Waals surface area contributed by atoms with E-state index in [2.05, 4.69) is 31.5 Å². The number of benzene rings is 1. The number of anilines is 1. The Hall–Kier alpha value is -2.81. The van der Waals surface area contributed by atoms with E-state index in [1.54, 1.807) is 11.0 Å². The number of aromatic amines is 1. The van der Waals surface area contributed by atoms with Gasteiger partial charge in [-0.3, -0.25) is 9.59 Å². The summed E-state index contributed by atoms with van der Waals surface area (Å²) in [6, 6.07) is 5.83. The van der Waals surface area contributed by atoms with Gasteiger partial charge < -0.3 is 25.6 Å². The van der Waals surface area contributed by atoms with Crippen LogP contribution in [0.5, 0.6) is 0 Å². The normalized spacial score (nSPS) is 18.0. The number of hydrogen-bond donors (Lipinski definition) is 4. The van der Waals surface area contributed by atoms with E-state index >= 15 is 0 Å². The Labute approximate surface area is 221 Å². The fraction of sp³-hybridized carbons (Fsp3) is 0.519. The van der Waals surface area contributed by atoms with Crippen molar-refractivity contribution in [2.24, 2.45) is 0 Å². The third-order valence-electron chi connectivity index (χ3n) is 6.89. The van der Waals surface area contributed by atoms with Crippen molar-refractivity contribution in [2.45, 2.75) is 91.4 Å². The number of aryl methyl sites for hydroxylation is 2. The topological polar surface area (TPSA) is 115 Å². The maximum atomic E-state index is 13.1. The van der Waals surface area contributed by atoms with Gasteiger partial charge in [-0.05, 0) is 96.6 Å². The van der Waals surface area contributed by atoms with E-state index in [1.165, 1.54) is 0 Å². The standard InChI is InChI=1S/C27H37BrN4O4/c1-15-11-16(2)30-25(34)22(15)14-29-24(33)21-12-18(28)13-23(17(21)3)31-19-7-9-20(10-8-19)32(26(35)36)27(4,5)6/h11-13,19-20,31H,7-10,14H2,1-6H3,(H,29,33)(H,30,34)(H,35,36). The molecule has 2 amide bonds. The smallest absolute Gasteiger partial charge is 0.407 e. The minimum Gasteiger partial charge on any atom is -0.465 e. The minimum atomic E-state index is -0.875. The van der Waals surface area contributed by atoms with Gasteiger partial charge >= 0.3 is 6.09 Å². The molecule has 0 saturated heterocycles. The first-order chi connectivity index (χ1) is 16.8. The second-order valence-electron chi connectivity index (χ2n) is 10.7. The summed E-state index contributed by atoms with van der Waals surface area (Å²) in [5.41, 5.74) is 3.77. The highest BCUT2D eigenvalue weighted by molar-refractivity contribution is 9.10. The first kappa shape index (κ1) is 27.8. The molecule has 0 atom stereocenters. The van der Waals surface area contributed by atoms with Gasteiger partial charge in [-0.1, -0.05) is 15.9 Å². The number of halogens is 1. The average molecular weight is 562 g/mol. The molecule has 1 aromatic carbocycles. The number of carboxylic acid groups (broad SMARTS) is 1. The predicted octanol–water partition coefficient (Wildman–Crippen LogP) is 5.49. The van der Waals surface area contributed by atoms with Crippen LogP contribution in [0.25, 0.3) is 0 Å². The van der Waals surface area contributed by atoms with E-state index in [-0.39, 0.29) is 30.1 Å². The van der Waals surface area contributed by atoms with E-state index < -0.39 is 11.6 Å². The van der Waals surface area contributed by atoms with E-state index in [9.17, 15) is 19.5 Å². The van der Waals surface area contributed by atoms with Gasteiger partial charge in [-0.2, -0.15) is 0 Å². The molecule has 4 N–H and O–H groups in total. The molecule has 0 spiro atoms. The molecule has 0 bridgehead atoms. The van der Waals surface area contributed by atoms with Crippen molar-refractivity contribution in [3.8, 4) is 0 Å². The highest BCUT2D eigenvalue weighted by Gasteiger charge is 2.35. The third-order valence-corrected chi connectivity index (χ3v) is 7.34. The number of nitrogens with one attached hydrogen (secondary N) is 3. The number of carbonyl (C=O) groups excluding carboxylic acids is 1. The molecule has 36 heavy (non-hydrogen) atoms. The Morgan fingerprint density at radius 3 is 2.31 bits per heavy atom. The number of amides is 2. The minimum absolute atomic E-state index is 0.00104. The molecule has 1 fully saturated rings. The summed E-state index contributed by atoms with van der Waals surface area (Å²) in [6.07, 6.45) is 2.37. The molecule has 1 aromatic heterocycles. The monoisotopic (exact) mass is 560 g/mol. The fourth-order valence-corrected chi connectivity index (χ4v) is 5.58. The summed E-state index contributed by atoms with van der Waals surface area (Å²) >= 11 is 3.53. The lowest BCUT2D eigenvalue weighted by molar-refractivity contribution is 0.0556. The molecule has 2 aromatic rings. The largest absolute Gasteiger partial charge is 0.465 e. The zero-order valence-corrected chi connectivity index (χ0v) is 23.5. The van der Waals surface area contributed by atoms with Crippen molar-refractivity contribution in [3.05, 3.63) is 61.0 Å². The first-order valence-corrected chi connectivity index (χ1v) is 13.1. The van der Waals surface area contributed by atoms with Gasteiger partial charge in [-0.25, -0.2) is 4.79 Å². The van der Waals surface area contributed by atoms with Crippen LogP contribution in [0.2, 0.25) is 0 Å². The molecule has 0 radical (unpaired) electrons. The van der Waals surface area contributed by atoms with Gasteiger partial charge in [0, 0.05) is 51.1 Å². The van der Waals surface area contributed by atoms with Crippen LogP contribution in [0.4, 0.5) is 10.5 Å². The van der Waals surface area contributed by atoms with Crippen LogP contribution >= 0.6 is 15.9 Å². The molecule has 3 rings (SSSR count). The van der Waals surface area contributed by atoms with Gasteiger partial charge in [0.2, 0.25) is 0 Å². The number of H-pyrrole nitrogens is 1. The number of nitrogens with zero attached hydrogens (tertiary/aromatic N) is 1. The maximum Gasteiger partial charge on any atom is 0.407 e. The molecule has 1 heterocycles. The Morgan fingerprint density at radius 1 is 1.11 bits per heavy atom. The predicted molar refractivity (Wildman–Crippen MR) is 146 cm³/mol. The van der Waals surface area contributed by atoms with E-state index in [0.717, 1.165) is 52.7 Å². The van der Waals surface area contributed by atoms with Crippen molar-refractivity contribution in [3.63, 3.8) is 0 Å². The lowest BCUT2D eigenvalue weighted by atomic mass is 9.87. The lowest BCUT2D eigenvalue weighted by Gasteiger charge is -2.43. The van der Waals surface area contributed by atoms with Crippen molar-refractivity contribution >= 4 is 33.6 Å². The van der Waals surface area contributed by atoms with Crippen LogP contribution in [-0.4, -0.2) is 44.6 Å². The second kappa shape index (κ2) is 11.1. The van der Waals surface area contributed by atoms with Gasteiger partial charge in [0.15, 0.2) is 0 Å². The molecule has 0 aliphatic heterocycles. The Kier molecular flexibility index (Phi) is 8.54. The van der Waals surface area contributed by atoms with Gasteiger partial charge in [0.25, 0.3) is 11.5 Å². The number of aromatic nitrogens is 1. The number of hydrogen-bond acceptors (Lipinski definition) is 4. The highest BCUT2D eigenvalue weighted by atomic mass is 79.9. The molecule has 9 heteroatoms. The number of rotatable bonds is 6. The molecular formula is C27H37BrN4O4. The van der Waals surface area contributed by atoms with Crippen LogP contribution in [-0.2, 0) is 6.54 Å². The van der Waals surface area contributed by atoms with Crippen molar-refractivity contribution in [2.75, 3.05) is 5.32 Å². The Balaban J connectivity index is 1.69. The summed E-state index contributed by atoms with van der Waals surface area (Å²) in [6.45, 7) is 11.5. The van der Waals surface area contributed by atoms with Crippen LogP contribution in [0.1, 0.15) is 79.2 Å². The molecular weight excluding hydrogens is 524 g/mol. The van der Waals surface area contributed by atoms with Gasteiger partial charge in [-0.15, -0.1) is 0 Å². The van der Waals surface area contributed by atoms with Crippen LogP contribution in [0.15, 0.2) is 27.5 Å². The molecule has 0 unspecified atom stereocenters. The van der Waals surface area contributed by atoms with Crippen molar-refractivity contribution < 1.29 is 14.7 Å². The second-order valence-corrected chi connectivity index (χ2v) is 11.6. The Bertz CT molecular complexity index is 1190. The summed E-state index contributed by atoms with van der Waals surface area (Å²) < 4.78 is 0.781. The van der Waals surface area contributed by atoms with Crippen molar-refractivity contribution in [1.82, 2.24) is 15.2 Å². The summed E-state index contributed by atoms with van der Waals surface area (Å²) in [5.74, 6) is -0.248. The summed E-state index contributed by atoms with van der Waals surface area (Å²) in [5, 5.41) is 16.2. The zero-order chi connectivity index (χ0) is 26.8. The summed E-state index contributed by atoms with van der Waals surface area (Å²) in [4.78, 5) is 41.6. The molecule has 1 saturated carbocycles. The van der Waals surface area contributed by atoms with Gasteiger partial charge in [0.1, 0.15) is 0 Å². The molecule has 1 aliphatic carbocycles. The SMILES string of the molecule is Cc1cc(C)c(CNC(=O)c2cc(Br)cc(NC3CCC(N(C(=O)O)C(C)(C)C)CC3)c2C)c(=O)[nH]1. The van der Waals surface area contributed by atoms with E-state index in [4.69, 9.17) is 0 Å². The highest BCUT2D eigenvalue weighted by Crippen LogP contribution is 2.32.